The fourth-order valence-electron chi connectivity index (χ4n) is 2.78. The molecular formula is C16H21BO3. The van der Waals surface area contributed by atoms with Gasteiger partial charge in [0, 0.05) is 12.8 Å². The number of rotatable bonds is 2. The molecule has 1 aromatic rings. The van der Waals surface area contributed by atoms with E-state index in [1.807, 2.05) is 12.1 Å². The van der Waals surface area contributed by atoms with Crippen LogP contribution in [0.4, 0.5) is 0 Å². The average molecular weight is 272 g/mol. The molecule has 0 radical (unpaired) electrons. The van der Waals surface area contributed by atoms with E-state index in [1.165, 1.54) is 5.56 Å². The van der Waals surface area contributed by atoms with Crippen LogP contribution in [-0.4, -0.2) is 24.1 Å². The number of Topliss-reactive ketones (excluding diaryl/α,β-unsaturated/α-hetero) is 1. The molecule has 1 aromatic carbocycles. The van der Waals surface area contributed by atoms with Gasteiger partial charge in [-0.1, -0.05) is 24.3 Å². The molecule has 4 heteroatoms. The Morgan fingerprint density at radius 2 is 1.60 bits per heavy atom. The highest BCUT2D eigenvalue weighted by atomic mass is 16.7. The van der Waals surface area contributed by atoms with E-state index in [-0.39, 0.29) is 18.3 Å². The first-order chi connectivity index (χ1) is 9.30. The van der Waals surface area contributed by atoms with Crippen LogP contribution in [0.5, 0.6) is 0 Å². The van der Waals surface area contributed by atoms with E-state index in [0.717, 1.165) is 5.46 Å². The molecule has 1 aliphatic heterocycles. The number of benzene rings is 1. The molecule has 2 aliphatic rings. The largest absolute Gasteiger partial charge is 0.495 e. The standard InChI is InChI=1S/C16H21BO3/c1-15(2)16(3,4)20-17(19-15)14-8-6-5-7-13(14)11-9-12(18)10-11/h5-8,11H,9-10H2,1-4H3. The minimum absolute atomic E-state index is 0.331. The van der Waals surface area contributed by atoms with Gasteiger partial charge in [0.25, 0.3) is 0 Å². The summed E-state index contributed by atoms with van der Waals surface area (Å²) in [6.45, 7) is 8.23. The predicted octanol–water partition coefficient (Wildman–Crippen LogP) is 2.43. The molecule has 3 nitrogen and oxygen atoms in total. The summed E-state index contributed by atoms with van der Waals surface area (Å²) >= 11 is 0. The molecule has 0 atom stereocenters. The normalized spacial score (nSPS) is 24.8. The van der Waals surface area contributed by atoms with E-state index in [2.05, 4.69) is 39.8 Å². The molecule has 0 spiro atoms. The molecule has 1 saturated heterocycles. The van der Waals surface area contributed by atoms with Crippen molar-refractivity contribution in [1.82, 2.24) is 0 Å². The first-order valence-electron chi connectivity index (χ1n) is 7.26. The summed E-state index contributed by atoms with van der Waals surface area (Å²) < 4.78 is 12.3. The second-order valence-corrected chi connectivity index (χ2v) is 6.86. The van der Waals surface area contributed by atoms with Crippen LogP contribution in [0.1, 0.15) is 52.0 Å². The van der Waals surface area contributed by atoms with Gasteiger partial charge >= 0.3 is 7.12 Å². The van der Waals surface area contributed by atoms with Gasteiger partial charge in [0.1, 0.15) is 5.78 Å². The summed E-state index contributed by atoms with van der Waals surface area (Å²) in [6, 6.07) is 8.18. The molecule has 20 heavy (non-hydrogen) atoms. The fraction of sp³-hybridized carbons (Fsp3) is 0.562. The van der Waals surface area contributed by atoms with E-state index < -0.39 is 0 Å². The Balaban J connectivity index is 1.90. The molecule has 106 valence electrons. The second-order valence-electron chi connectivity index (χ2n) is 6.86. The minimum atomic E-state index is -0.341. The lowest BCUT2D eigenvalue weighted by Gasteiger charge is -2.32. The molecule has 3 rings (SSSR count). The Morgan fingerprint density at radius 3 is 2.15 bits per heavy atom. The Bertz CT molecular complexity index is 526. The molecule has 1 aliphatic carbocycles. The van der Waals surface area contributed by atoms with Crippen LogP contribution < -0.4 is 5.46 Å². The highest BCUT2D eigenvalue weighted by Gasteiger charge is 2.52. The van der Waals surface area contributed by atoms with E-state index >= 15 is 0 Å². The van der Waals surface area contributed by atoms with E-state index in [1.54, 1.807) is 0 Å². The lowest BCUT2D eigenvalue weighted by Crippen LogP contribution is -2.41. The Kier molecular flexibility index (Phi) is 3.07. The third-order valence-corrected chi connectivity index (χ3v) is 4.89. The van der Waals surface area contributed by atoms with Gasteiger partial charge < -0.3 is 9.31 Å². The van der Waals surface area contributed by atoms with Crippen LogP contribution in [0.2, 0.25) is 0 Å². The van der Waals surface area contributed by atoms with E-state index in [0.29, 0.717) is 24.5 Å². The third-order valence-electron chi connectivity index (χ3n) is 4.89. The monoisotopic (exact) mass is 272 g/mol. The highest BCUT2D eigenvalue weighted by Crippen LogP contribution is 2.38. The molecule has 2 fully saturated rings. The van der Waals surface area contributed by atoms with Crippen molar-refractivity contribution in [2.45, 2.75) is 57.7 Å². The van der Waals surface area contributed by atoms with Crippen LogP contribution >= 0.6 is 0 Å². The number of ketones is 1. The maximum atomic E-state index is 11.3. The Labute approximate surface area is 120 Å². The first kappa shape index (κ1) is 13.8. The number of carbonyl (C=O) groups is 1. The zero-order valence-corrected chi connectivity index (χ0v) is 12.6. The van der Waals surface area contributed by atoms with Crippen molar-refractivity contribution in [2.24, 2.45) is 0 Å². The van der Waals surface area contributed by atoms with Crippen molar-refractivity contribution in [2.75, 3.05) is 0 Å². The van der Waals surface area contributed by atoms with Crippen LogP contribution in [0.25, 0.3) is 0 Å². The third kappa shape index (κ3) is 2.11. The quantitative estimate of drug-likeness (QED) is 0.776. The van der Waals surface area contributed by atoms with Crippen LogP contribution in [0, 0.1) is 0 Å². The lowest BCUT2D eigenvalue weighted by molar-refractivity contribution is -0.124. The summed E-state index contributed by atoms with van der Waals surface area (Å²) in [5, 5.41) is 0. The molecule has 0 aromatic heterocycles. The molecule has 0 bridgehead atoms. The second kappa shape index (κ2) is 4.44. The zero-order chi connectivity index (χ0) is 14.5. The molecule has 1 heterocycles. The fourth-order valence-corrected chi connectivity index (χ4v) is 2.78. The minimum Gasteiger partial charge on any atom is -0.399 e. The zero-order valence-electron chi connectivity index (χ0n) is 12.6. The molecular weight excluding hydrogens is 251 g/mol. The molecule has 1 saturated carbocycles. The van der Waals surface area contributed by atoms with Crippen molar-refractivity contribution >= 4 is 18.4 Å². The van der Waals surface area contributed by atoms with Crippen molar-refractivity contribution in [1.29, 1.82) is 0 Å². The first-order valence-corrected chi connectivity index (χ1v) is 7.26. The van der Waals surface area contributed by atoms with Gasteiger partial charge in [-0.15, -0.1) is 0 Å². The maximum absolute atomic E-state index is 11.3. The molecule has 0 N–H and O–H groups in total. The Morgan fingerprint density at radius 1 is 1.05 bits per heavy atom. The van der Waals surface area contributed by atoms with Crippen LogP contribution in [0.15, 0.2) is 24.3 Å². The van der Waals surface area contributed by atoms with Gasteiger partial charge in [-0.25, -0.2) is 0 Å². The maximum Gasteiger partial charge on any atom is 0.495 e. The SMILES string of the molecule is CC1(C)OB(c2ccccc2C2CC(=O)C2)OC1(C)C. The summed E-state index contributed by atoms with van der Waals surface area (Å²) in [6.07, 6.45) is 1.30. The topological polar surface area (TPSA) is 35.5 Å². The van der Waals surface area contributed by atoms with E-state index in [4.69, 9.17) is 9.31 Å². The van der Waals surface area contributed by atoms with Crippen molar-refractivity contribution < 1.29 is 14.1 Å². The van der Waals surface area contributed by atoms with Gasteiger partial charge in [0.05, 0.1) is 11.2 Å². The summed E-state index contributed by atoms with van der Waals surface area (Å²) in [5.74, 6) is 0.677. The predicted molar refractivity (Wildman–Crippen MR) is 79.1 cm³/mol. The number of hydrogen-bond donors (Lipinski definition) is 0. The van der Waals surface area contributed by atoms with Gasteiger partial charge in [-0.05, 0) is 44.6 Å². The summed E-state index contributed by atoms with van der Waals surface area (Å²) in [5.41, 5.74) is 1.61. The van der Waals surface area contributed by atoms with Crippen molar-refractivity contribution in [3.8, 4) is 0 Å². The summed E-state index contributed by atoms with van der Waals surface area (Å²) in [4.78, 5) is 11.3. The lowest BCUT2D eigenvalue weighted by atomic mass is 9.68. The van der Waals surface area contributed by atoms with Gasteiger partial charge in [-0.3, -0.25) is 4.79 Å². The molecule has 0 unspecified atom stereocenters. The average Bonchev–Trinajstić information content (AvgIpc) is 2.55. The van der Waals surface area contributed by atoms with Gasteiger partial charge in [0.2, 0.25) is 0 Å². The smallest absolute Gasteiger partial charge is 0.399 e. The van der Waals surface area contributed by atoms with Gasteiger partial charge in [0.15, 0.2) is 0 Å². The highest BCUT2D eigenvalue weighted by molar-refractivity contribution is 6.62. The van der Waals surface area contributed by atoms with Gasteiger partial charge in [-0.2, -0.15) is 0 Å². The molecule has 0 amide bonds. The summed E-state index contributed by atoms with van der Waals surface area (Å²) in [7, 11) is -0.341. The Hall–Kier alpha value is -1.13. The van der Waals surface area contributed by atoms with Crippen molar-refractivity contribution in [3.05, 3.63) is 29.8 Å². The van der Waals surface area contributed by atoms with Crippen LogP contribution in [0.3, 0.4) is 0 Å². The number of carbonyl (C=O) groups excluding carboxylic acids is 1. The van der Waals surface area contributed by atoms with Crippen molar-refractivity contribution in [3.63, 3.8) is 0 Å². The van der Waals surface area contributed by atoms with E-state index in [9.17, 15) is 4.79 Å². The van der Waals surface area contributed by atoms with Crippen LogP contribution in [-0.2, 0) is 14.1 Å². The number of hydrogen-bond acceptors (Lipinski definition) is 3.